The first-order chi connectivity index (χ1) is 8.93. The molecule has 2 rings (SSSR count). The monoisotopic (exact) mass is 323 g/mol. The van der Waals surface area contributed by atoms with E-state index in [1.807, 2.05) is 4.98 Å². The summed E-state index contributed by atoms with van der Waals surface area (Å²) in [4.78, 5) is 25.0. The molecule has 0 atom stereocenters. The third kappa shape index (κ3) is 2.35. The molecule has 0 spiro atoms. The van der Waals surface area contributed by atoms with Gasteiger partial charge in [-0.25, -0.2) is 9.18 Å². The van der Waals surface area contributed by atoms with Crippen LogP contribution in [0.4, 0.5) is 4.39 Å². The molecule has 2 aromatic rings. The lowest BCUT2D eigenvalue weighted by molar-refractivity contribution is 0.618. The van der Waals surface area contributed by atoms with Crippen LogP contribution in [0.5, 0.6) is 0 Å². The number of nitriles is 1. The summed E-state index contributed by atoms with van der Waals surface area (Å²) in [5.74, 6) is -0.544. The van der Waals surface area contributed by atoms with Gasteiger partial charge in [0.1, 0.15) is 17.4 Å². The number of aryl methyl sites for hydroxylation is 1. The molecule has 5 nitrogen and oxygen atoms in total. The van der Waals surface area contributed by atoms with Gasteiger partial charge in [0.25, 0.3) is 5.56 Å². The Morgan fingerprint density at radius 2 is 2.11 bits per heavy atom. The van der Waals surface area contributed by atoms with Gasteiger partial charge in [0.05, 0.1) is 10.2 Å². The number of benzene rings is 1. The molecule has 19 heavy (non-hydrogen) atoms. The Morgan fingerprint density at radius 3 is 2.74 bits per heavy atom. The van der Waals surface area contributed by atoms with Crippen molar-refractivity contribution in [2.45, 2.75) is 6.92 Å². The summed E-state index contributed by atoms with van der Waals surface area (Å²) < 4.78 is 14.8. The second kappa shape index (κ2) is 4.82. The second-order valence-electron chi connectivity index (χ2n) is 3.84. The number of hydrogen-bond acceptors (Lipinski definition) is 3. The van der Waals surface area contributed by atoms with Crippen LogP contribution >= 0.6 is 15.9 Å². The highest BCUT2D eigenvalue weighted by Gasteiger charge is 2.11. The Morgan fingerprint density at radius 1 is 1.42 bits per heavy atom. The van der Waals surface area contributed by atoms with Gasteiger partial charge in [0.2, 0.25) is 0 Å². The summed E-state index contributed by atoms with van der Waals surface area (Å²) in [6.45, 7) is 1.68. The fraction of sp³-hybridized carbons (Fsp3) is 0.0833. The Bertz CT molecular complexity index is 817. The molecular weight excluding hydrogens is 317 g/mol. The third-order valence-electron chi connectivity index (χ3n) is 2.56. The first kappa shape index (κ1) is 13.2. The van der Waals surface area contributed by atoms with Crippen molar-refractivity contribution < 1.29 is 4.39 Å². The van der Waals surface area contributed by atoms with E-state index >= 15 is 0 Å². The van der Waals surface area contributed by atoms with Crippen LogP contribution in [-0.4, -0.2) is 9.55 Å². The lowest BCUT2D eigenvalue weighted by atomic mass is 10.2. The fourth-order valence-corrected chi connectivity index (χ4v) is 2.08. The zero-order valence-corrected chi connectivity index (χ0v) is 11.3. The lowest BCUT2D eigenvalue weighted by Crippen LogP contribution is -2.30. The Kier molecular flexibility index (Phi) is 3.36. The Balaban J connectivity index is 2.80. The first-order valence-electron chi connectivity index (χ1n) is 5.16. The molecule has 0 unspecified atom stereocenters. The average Bonchev–Trinajstić information content (AvgIpc) is 2.35. The van der Waals surface area contributed by atoms with E-state index in [2.05, 4.69) is 15.9 Å². The Hall–Kier alpha value is -2.20. The highest BCUT2D eigenvalue weighted by Crippen LogP contribution is 2.22. The van der Waals surface area contributed by atoms with E-state index in [9.17, 15) is 14.0 Å². The molecule has 0 aliphatic carbocycles. The van der Waals surface area contributed by atoms with Crippen LogP contribution in [0.2, 0.25) is 0 Å². The van der Waals surface area contributed by atoms with Gasteiger partial charge in [0, 0.05) is 6.20 Å². The number of nitrogens with one attached hydrogen (secondary N) is 1. The molecule has 0 radical (unpaired) electrons. The highest BCUT2D eigenvalue weighted by molar-refractivity contribution is 9.10. The summed E-state index contributed by atoms with van der Waals surface area (Å²) in [7, 11) is 0. The number of H-pyrrole nitrogens is 1. The number of nitrogens with zero attached hydrogens (tertiary/aromatic N) is 2. The van der Waals surface area contributed by atoms with Crippen molar-refractivity contribution in [1.29, 1.82) is 5.26 Å². The molecular formula is C12H7BrFN3O2. The van der Waals surface area contributed by atoms with Crippen LogP contribution in [-0.2, 0) is 0 Å². The maximum atomic E-state index is 13.5. The fourth-order valence-electron chi connectivity index (χ4n) is 1.62. The summed E-state index contributed by atoms with van der Waals surface area (Å²) in [5.41, 5.74) is -0.833. The molecule has 96 valence electrons. The van der Waals surface area contributed by atoms with Gasteiger partial charge in [-0.2, -0.15) is 5.26 Å². The largest absolute Gasteiger partial charge is 0.332 e. The van der Waals surface area contributed by atoms with Crippen LogP contribution in [0.15, 0.2) is 32.4 Å². The number of aromatic nitrogens is 2. The minimum absolute atomic E-state index is 0.220. The van der Waals surface area contributed by atoms with E-state index in [0.29, 0.717) is 5.56 Å². The molecule has 0 saturated carbocycles. The van der Waals surface area contributed by atoms with E-state index in [-0.39, 0.29) is 15.7 Å². The first-order valence-corrected chi connectivity index (χ1v) is 5.95. The topological polar surface area (TPSA) is 78.7 Å². The molecule has 0 bridgehead atoms. The summed E-state index contributed by atoms with van der Waals surface area (Å²) >= 11 is 3.04. The predicted molar refractivity (Wildman–Crippen MR) is 69.8 cm³/mol. The van der Waals surface area contributed by atoms with E-state index in [1.165, 1.54) is 6.07 Å². The van der Waals surface area contributed by atoms with Gasteiger partial charge in [-0.15, -0.1) is 0 Å². The highest BCUT2D eigenvalue weighted by atomic mass is 79.9. The molecule has 1 aromatic heterocycles. The minimum atomic E-state index is -0.765. The minimum Gasteiger partial charge on any atom is -0.273 e. The molecule has 1 heterocycles. The Labute approximate surface area is 115 Å². The number of aromatic amines is 1. The van der Waals surface area contributed by atoms with E-state index in [4.69, 9.17) is 5.26 Å². The maximum absolute atomic E-state index is 13.5. The smallest absolute Gasteiger partial charge is 0.273 e. The van der Waals surface area contributed by atoms with E-state index < -0.39 is 17.1 Å². The van der Waals surface area contributed by atoms with Crippen LogP contribution in [0.25, 0.3) is 5.69 Å². The van der Waals surface area contributed by atoms with E-state index in [0.717, 1.165) is 16.8 Å². The zero-order valence-electron chi connectivity index (χ0n) is 9.70. The van der Waals surface area contributed by atoms with Crippen molar-refractivity contribution in [3.63, 3.8) is 0 Å². The third-order valence-corrected chi connectivity index (χ3v) is 3.17. The number of hydrogen-bond donors (Lipinski definition) is 1. The van der Waals surface area contributed by atoms with Crippen molar-refractivity contribution in [1.82, 2.24) is 9.55 Å². The van der Waals surface area contributed by atoms with Crippen LogP contribution in [0, 0.1) is 24.1 Å². The van der Waals surface area contributed by atoms with Gasteiger partial charge in [-0.3, -0.25) is 14.3 Å². The van der Waals surface area contributed by atoms with E-state index in [1.54, 1.807) is 13.0 Å². The molecule has 0 fully saturated rings. The molecule has 7 heteroatoms. The van der Waals surface area contributed by atoms with Crippen LogP contribution in [0.3, 0.4) is 0 Å². The van der Waals surface area contributed by atoms with Crippen molar-refractivity contribution in [3.05, 3.63) is 60.6 Å². The number of rotatable bonds is 1. The average molecular weight is 324 g/mol. The van der Waals surface area contributed by atoms with Gasteiger partial charge in [-0.05, 0) is 40.5 Å². The standard InChI is InChI=1S/C12H7BrFN3O2/c1-6-2-8(13)9(14)3-10(6)17-5-7(4-15)11(18)16-12(17)19/h2-3,5H,1H3,(H,16,18,19). The zero-order chi connectivity index (χ0) is 14.2. The van der Waals surface area contributed by atoms with Gasteiger partial charge < -0.3 is 0 Å². The molecule has 0 saturated heterocycles. The SMILES string of the molecule is Cc1cc(Br)c(F)cc1-n1cc(C#N)c(=O)[nH]c1=O. The maximum Gasteiger partial charge on any atom is 0.332 e. The summed E-state index contributed by atoms with van der Waals surface area (Å²) in [6.07, 6.45) is 1.09. The predicted octanol–water partition coefficient (Wildman–Crippen LogP) is 1.61. The normalized spacial score (nSPS) is 10.2. The van der Waals surface area contributed by atoms with Crippen molar-refractivity contribution in [2.75, 3.05) is 0 Å². The second-order valence-corrected chi connectivity index (χ2v) is 4.69. The van der Waals surface area contributed by atoms with Crippen molar-refractivity contribution in [2.24, 2.45) is 0 Å². The molecule has 0 aliphatic heterocycles. The summed E-state index contributed by atoms with van der Waals surface area (Å²) in [5, 5.41) is 8.78. The molecule has 0 amide bonds. The quantitative estimate of drug-likeness (QED) is 0.865. The lowest BCUT2D eigenvalue weighted by Gasteiger charge is -2.09. The van der Waals surface area contributed by atoms with Gasteiger partial charge >= 0.3 is 5.69 Å². The molecule has 1 aromatic carbocycles. The van der Waals surface area contributed by atoms with Crippen molar-refractivity contribution >= 4 is 15.9 Å². The van der Waals surface area contributed by atoms with Gasteiger partial charge in [0.15, 0.2) is 0 Å². The summed E-state index contributed by atoms with van der Waals surface area (Å²) in [6, 6.07) is 4.33. The van der Waals surface area contributed by atoms with Crippen LogP contribution < -0.4 is 11.2 Å². The number of halogens is 2. The van der Waals surface area contributed by atoms with Crippen molar-refractivity contribution in [3.8, 4) is 11.8 Å². The molecule has 1 N–H and O–H groups in total. The van der Waals surface area contributed by atoms with Gasteiger partial charge in [-0.1, -0.05) is 0 Å². The molecule has 0 aliphatic rings. The van der Waals surface area contributed by atoms with Crippen LogP contribution in [0.1, 0.15) is 11.1 Å².